The molecule has 0 aliphatic heterocycles. The highest BCUT2D eigenvalue weighted by Crippen LogP contribution is 2.15. The van der Waals surface area contributed by atoms with E-state index in [9.17, 15) is 4.79 Å². The zero-order chi connectivity index (χ0) is 19.8. The molecule has 0 spiro atoms. The third kappa shape index (κ3) is 5.05. The van der Waals surface area contributed by atoms with Crippen LogP contribution in [0.15, 0.2) is 60.7 Å². The Hall–Kier alpha value is -3.92. The van der Waals surface area contributed by atoms with Crippen molar-refractivity contribution in [2.45, 2.75) is 6.42 Å². The van der Waals surface area contributed by atoms with Crippen LogP contribution >= 0.6 is 0 Å². The van der Waals surface area contributed by atoms with Crippen LogP contribution in [0.3, 0.4) is 0 Å². The minimum Gasteiger partial charge on any atom is -0.497 e. The fraction of sp³-hybridized carbons (Fsp3) is 0.143. The van der Waals surface area contributed by atoms with E-state index in [0.717, 1.165) is 17.0 Å². The van der Waals surface area contributed by atoms with Gasteiger partial charge >= 0.3 is 0 Å². The third-order valence-electron chi connectivity index (χ3n) is 4.02. The highest BCUT2D eigenvalue weighted by Gasteiger charge is 2.08. The summed E-state index contributed by atoms with van der Waals surface area (Å²) in [7, 11) is 1.63. The molecule has 1 aromatic heterocycles. The van der Waals surface area contributed by atoms with Crippen molar-refractivity contribution in [1.29, 1.82) is 5.26 Å². The average Bonchev–Trinajstić information content (AvgIpc) is 2.75. The van der Waals surface area contributed by atoms with Crippen LogP contribution in [-0.4, -0.2) is 29.8 Å². The summed E-state index contributed by atoms with van der Waals surface area (Å²) < 4.78 is 5.12. The summed E-state index contributed by atoms with van der Waals surface area (Å²) in [5.41, 5.74) is 2.62. The summed E-state index contributed by atoms with van der Waals surface area (Å²) in [6, 6.07) is 20.1. The van der Waals surface area contributed by atoms with Crippen molar-refractivity contribution < 1.29 is 9.53 Å². The highest BCUT2D eigenvalue weighted by atomic mass is 16.5. The molecule has 2 aromatic carbocycles. The SMILES string of the molecule is COc1ccc(CCNC(=O)c2ccc(Nc3cccc(C#N)c3)nn2)cc1. The number of methoxy groups -OCH3 is 1. The number of hydrogen-bond acceptors (Lipinski definition) is 6. The van der Waals surface area contributed by atoms with E-state index < -0.39 is 0 Å². The van der Waals surface area contributed by atoms with Crippen molar-refractivity contribution in [3.05, 3.63) is 77.5 Å². The summed E-state index contributed by atoms with van der Waals surface area (Å²) in [6.45, 7) is 0.494. The molecule has 0 saturated heterocycles. The molecular formula is C21H19N5O2. The molecule has 0 saturated carbocycles. The highest BCUT2D eigenvalue weighted by molar-refractivity contribution is 5.92. The number of carbonyl (C=O) groups is 1. The number of nitrogens with one attached hydrogen (secondary N) is 2. The van der Waals surface area contributed by atoms with E-state index in [-0.39, 0.29) is 11.6 Å². The lowest BCUT2D eigenvalue weighted by Gasteiger charge is -2.07. The van der Waals surface area contributed by atoms with E-state index in [2.05, 4.69) is 26.9 Å². The van der Waals surface area contributed by atoms with E-state index >= 15 is 0 Å². The molecule has 0 bridgehead atoms. The number of rotatable bonds is 7. The summed E-state index contributed by atoms with van der Waals surface area (Å²) in [6.07, 6.45) is 0.706. The van der Waals surface area contributed by atoms with Gasteiger partial charge in [-0.15, -0.1) is 10.2 Å². The van der Waals surface area contributed by atoms with E-state index in [0.29, 0.717) is 24.3 Å². The second kappa shape index (κ2) is 9.14. The smallest absolute Gasteiger partial charge is 0.271 e. The van der Waals surface area contributed by atoms with E-state index in [4.69, 9.17) is 10.00 Å². The van der Waals surface area contributed by atoms with Crippen LogP contribution in [0.5, 0.6) is 5.75 Å². The maximum Gasteiger partial charge on any atom is 0.271 e. The molecule has 1 amide bonds. The summed E-state index contributed by atoms with van der Waals surface area (Å²) in [5.74, 6) is 1.01. The molecule has 0 aliphatic carbocycles. The van der Waals surface area contributed by atoms with E-state index in [1.165, 1.54) is 0 Å². The Morgan fingerprint density at radius 2 is 1.93 bits per heavy atom. The molecule has 2 N–H and O–H groups in total. The summed E-state index contributed by atoms with van der Waals surface area (Å²) >= 11 is 0. The van der Waals surface area contributed by atoms with Crippen molar-refractivity contribution in [3.8, 4) is 11.8 Å². The first-order chi connectivity index (χ1) is 13.7. The molecule has 0 radical (unpaired) electrons. The number of aromatic nitrogens is 2. The zero-order valence-electron chi connectivity index (χ0n) is 15.3. The molecule has 0 atom stereocenters. The zero-order valence-corrected chi connectivity index (χ0v) is 15.3. The molecule has 0 aliphatic rings. The van der Waals surface area contributed by atoms with Gasteiger partial charge in [0.15, 0.2) is 11.5 Å². The maximum atomic E-state index is 12.2. The van der Waals surface area contributed by atoms with Crippen molar-refractivity contribution in [2.75, 3.05) is 19.0 Å². The van der Waals surface area contributed by atoms with Gasteiger partial charge in [0.2, 0.25) is 0 Å². The lowest BCUT2D eigenvalue weighted by molar-refractivity contribution is 0.0948. The number of nitriles is 1. The summed E-state index contributed by atoms with van der Waals surface area (Å²) in [4.78, 5) is 12.2. The lowest BCUT2D eigenvalue weighted by atomic mass is 10.1. The predicted octanol–water partition coefficient (Wildman–Crippen LogP) is 3.07. The molecule has 0 fully saturated rings. The Labute approximate surface area is 163 Å². The van der Waals surface area contributed by atoms with Crippen LogP contribution in [-0.2, 0) is 6.42 Å². The monoisotopic (exact) mass is 373 g/mol. The van der Waals surface area contributed by atoms with Crippen LogP contribution in [0.4, 0.5) is 11.5 Å². The molecule has 7 nitrogen and oxygen atoms in total. The molecule has 28 heavy (non-hydrogen) atoms. The van der Waals surface area contributed by atoms with Gasteiger partial charge in [0.05, 0.1) is 18.7 Å². The van der Waals surface area contributed by atoms with Crippen LogP contribution < -0.4 is 15.4 Å². The first-order valence-electron chi connectivity index (χ1n) is 8.70. The van der Waals surface area contributed by atoms with Crippen LogP contribution in [0, 0.1) is 11.3 Å². The molecule has 0 unspecified atom stereocenters. The Morgan fingerprint density at radius 3 is 2.61 bits per heavy atom. The Kier molecular flexibility index (Phi) is 6.16. The summed E-state index contributed by atoms with van der Waals surface area (Å²) in [5, 5.41) is 22.8. The second-order valence-corrected chi connectivity index (χ2v) is 5.98. The molecule has 1 heterocycles. The van der Waals surface area contributed by atoms with Crippen molar-refractivity contribution in [1.82, 2.24) is 15.5 Å². The van der Waals surface area contributed by atoms with Crippen LogP contribution in [0.2, 0.25) is 0 Å². The van der Waals surface area contributed by atoms with E-state index in [1.807, 2.05) is 30.3 Å². The van der Waals surface area contributed by atoms with Gasteiger partial charge in [0, 0.05) is 12.2 Å². The quantitative estimate of drug-likeness (QED) is 0.660. The minimum atomic E-state index is -0.279. The maximum absolute atomic E-state index is 12.2. The van der Waals surface area contributed by atoms with Gasteiger partial charge in [-0.3, -0.25) is 4.79 Å². The van der Waals surface area contributed by atoms with Crippen LogP contribution in [0.1, 0.15) is 21.6 Å². The first-order valence-corrected chi connectivity index (χ1v) is 8.70. The second-order valence-electron chi connectivity index (χ2n) is 5.98. The number of amides is 1. The van der Waals surface area contributed by atoms with Gasteiger partial charge in [-0.1, -0.05) is 18.2 Å². The van der Waals surface area contributed by atoms with Crippen molar-refractivity contribution in [3.63, 3.8) is 0 Å². The Bertz CT molecular complexity index is 979. The Balaban J connectivity index is 1.52. The lowest BCUT2D eigenvalue weighted by Crippen LogP contribution is -2.26. The number of hydrogen-bond donors (Lipinski definition) is 2. The fourth-order valence-corrected chi connectivity index (χ4v) is 2.54. The topological polar surface area (TPSA) is 99.9 Å². The van der Waals surface area contributed by atoms with Gasteiger partial charge in [-0.2, -0.15) is 5.26 Å². The van der Waals surface area contributed by atoms with Crippen molar-refractivity contribution >= 4 is 17.4 Å². The Morgan fingerprint density at radius 1 is 1.11 bits per heavy atom. The predicted molar refractivity (Wildman–Crippen MR) is 106 cm³/mol. The van der Waals surface area contributed by atoms with Crippen molar-refractivity contribution in [2.24, 2.45) is 0 Å². The number of anilines is 2. The van der Waals surface area contributed by atoms with Gasteiger partial charge in [-0.25, -0.2) is 0 Å². The van der Waals surface area contributed by atoms with Gasteiger partial charge in [-0.05, 0) is 54.4 Å². The largest absolute Gasteiger partial charge is 0.497 e. The minimum absolute atomic E-state index is 0.242. The molecule has 3 aromatic rings. The van der Waals surface area contributed by atoms with Gasteiger partial charge < -0.3 is 15.4 Å². The number of benzene rings is 2. The van der Waals surface area contributed by atoms with Gasteiger partial charge in [0.25, 0.3) is 5.91 Å². The molecule has 140 valence electrons. The number of nitrogens with zero attached hydrogens (tertiary/aromatic N) is 3. The van der Waals surface area contributed by atoms with E-state index in [1.54, 1.807) is 37.4 Å². The first kappa shape index (κ1) is 18.9. The average molecular weight is 373 g/mol. The third-order valence-corrected chi connectivity index (χ3v) is 4.02. The van der Waals surface area contributed by atoms with Gasteiger partial charge in [0.1, 0.15) is 5.75 Å². The molecule has 7 heteroatoms. The fourth-order valence-electron chi connectivity index (χ4n) is 2.54. The number of carbonyl (C=O) groups excluding carboxylic acids is 1. The standard InChI is InChI=1S/C21H19N5O2/c1-28-18-7-5-15(6-8-18)11-12-23-21(27)19-9-10-20(26-25-19)24-17-4-2-3-16(13-17)14-22/h2-10,13H,11-12H2,1H3,(H,23,27)(H,24,26). The van der Waals surface area contributed by atoms with Crippen LogP contribution in [0.25, 0.3) is 0 Å². The molecule has 3 rings (SSSR count). The normalized spacial score (nSPS) is 10.0. The molecular weight excluding hydrogens is 354 g/mol. The number of ether oxygens (including phenoxy) is 1.